The van der Waals surface area contributed by atoms with E-state index in [1.54, 1.807) is 38.5 Å². The lowest BCUT2D eigenvalue weighted by Crippen LogP contribution is -2.30. The molecule has 0 radical (unpaired) electrons. The summed E-state index contributed by atoms with van der Waals surface area (Å²) in [7, 11) is 3.14. The van der Waals surface area contributed by atoms with Crippen LogP contribution in [0.4, 0.5) is 4.79 Å². The molecule has 0 saturated carbocycles. The second-order valence-electron chi connectivity index (χ2n) is 7.10. The summed E-state index contributed by atoms with van der Waals surface area (Å²) in [4.78, 5) is 41.4. The summed E-state index contributed by atoms with van der Waals surface area (Å²) in [6.45, 7) is 0.174. The normalized spacial score (nSPS) is 13.1. The number of ether oxygens (including phenoxy) is 3. The van der Waals surface area contributed by atoms with Crippen molar-refractivity contribution in [3.05, 3.63) is 64.7 Å². The average molecular weight is 468 g/mol. The van der Waals surface area contributed by atoms with E-state index in [0.29, 0.717) is 22.8 Å². The first-order chi connectivity index (χ1) is 16.0. The second kappa shape index (κ2) is 9.70. The van der Waals surface area contributed by atoms with E-state index >= 15 is 0 Å². The van der Waals surface area contributed by atoms with E-state index in [1.165, 1.54) is 11.3 Å². The highest BCUT2D eigenvalue weighted by Gasteiger charge is 2.28. The lowest BCUT2D eigenvalue weighted by Gasteiger charge is -2.12. The zero-order valence-electron chi connectivity index (χ0n) is 18.0. The highest BCUT2D eigenvalue weighted by Crippen LogP contribution is 2.39. The van der Waals surface area contributed by atoms with Crippen LogP contribution in [0.1, 0.15) is 21.6 Å². The van der Waals surface area contributed by atoms with E-state index in [-0.39, 0.29) is 25.6 Å². The number of methoxy groups -OCH3 is 2. The average Bonchev–Trinajstić information content (AvgIpc) is 3.44. The maximum atomic E-state index is 12.4. The SMILES string of the molecule is COc1cccc(-c2nc(COC(=O)c3ccc(CN4C(=O)CNC4=O)cc3)cs2)c1OC. The van der Waals surface area contributed by atoms with Crippen molar-refractivity contribution in [2.24, 2.45) is 0 Å². The van der Waals surface area contributed by atoms with E-state index in [0.717, 1.165) is 21.0 Å². The number of thiazole rings is 1. The van der Waals surface area contributed by atoms with Gasteiger partial charge in [-0.2, -0.15) is 0 Å². The molecule has 3 amide bonds. The van der Waals surface area contributed by atoms with Gasteiger partial charge in [0.05, 0.1) is 44.1 Å². The van der Waals surface area contributed by atoms with Gasteiger partial charge in [-0.25, -0.2) is 14.6 Å². The first-order valence-electron chi connectivity index (χ1n) is 10.00. The van der Waals surface area contributed by atoms with E-state index in [1.807, 2.05) is 23.6 Å². The van der Waals surface area contributed by atoms with Gasteiger partial charge in [-0.3, -0.25) is 9.69 Å². The van der Waals surface area contributed by atoms with Gasteiger partial charge in [-0.1, -0.05) is 18.2 Å². The lowest BCUT2D eigenvalue weighted by molar-refractivity contribution is -0.125. The molecule has 1 aromatic heterocycles. The number of imide groups is 1. The Kier molecular flexibility index (Phi) is 6.55. The number of hydrogen-bond acceptors (Lipinski definition) is 8. The molecule has 4 rings (SSSR count). The fourth-order valence-electron chi connectivity index (χ4n) is 3.32. The molecule has 9 nitrogen and oxygen atoms in total. The van der Waals surface area contributed by atoms with Crippen molar-refractivity contribution in [2.75, 3.05) is 20.8 Å². The summed E-state index contributed by atoms with van der Waals surface area (Å²) in [5, 5.41) is 5.02. The topological polar surface area (TPSA) is 107 Å². The zero-order valence-corrected chi connectivity index (χ0v) is 18.8. The Hall–Kier alpha value is -3.92. The summed E-state index contributed by atoms with van der Waals surface area (Å²) in [6, 6.07) is 11.7. The fraction of sp³-hybridized carbons (Fsp3) is 0.217. The first-order valence-corrected chi connectivity index (χ1v) is 10.9. The maximum absolute atomic E-state index is 12.4. The fourth-order valence-corrected chi connectivity index (χ4v) is 4.15. The van der Waals surface area contributed by atoms with Crippen molar-refractivity contribution < 1.29 is 28.6 Å². The largest absolute Gasteiger partial charge is 0.493 e. The Morgan fingerprint density at radius 1 is 1.12 bits per heavy atom. The van der Waals surface area contributed by atoms with Gasteiger partial charge in [0.2, 0.25) is 5.91 Å². The van der Waals surface area contributed by atoms with Gasteiger partial charge in [-0.15, -0.1) is 11.3 Å². The third kappa shape index (κ3) is 4.80. The molecule has 0 aliphatic carbocycles. The summed E-state index contributed by atoms with van der Waals surface area (Å²) in [6.07, 6.45) is 0. The molecule has 0 bridgehead atoms. The van der Waals surface area contributed by atoms with Crippen LogP contribution in [0.5, 0.6) is 11.5 Å². The Labute approximate surface area is 193 Å². The molecule has 2 aromatic carbocycles. The van der Waals surface area contributed by atoms with E-state index < -0.39 is 12.0 Å². The third-order valence-corrected chi connectivity index (χ3v) is 5.93. The van der Waals surface area contributed by atoms with Gasteiger partial charge in [0.15, 0.2) is 11.5 Å². The molecule has 1 aliphatic heterocycles. The van der Waals surface area contributed by atoms with Crippen molar-refractivity contribution in [3.8, 4) is 22.1 Å². The molecule has 0 spiro atoms. The summed E-state index contributed by atoms with van der Waals surface area (Å²) in [5.41, 5.74) is 2.50. The number of carbonyl (C=O) groups is 3. The third-order valence-electron chi connectivity index (χ3n) is 5.00. The molecular formula is C23H21N3O6S. The predicted molar refractivity (Wildman–Crippen MR) is 120 cm³/mol. The van der Waals surface area contributed by atoms with Crippen LogP contribution in [0.15, 0.2) is 47.8 Å². The summed E-state index contributed by atoms with van der Waals surface area (Å²) >= 11 is 1.41. The molecule has 33 heavy (non-hydrogen) atoms. The van der Waals surface area contributed by atoms with Gasteiger partial charge >= 0.3 is 12.0 Å². The van der Waals surface area contributed by atoms with Crippen LogP contribution in [0.25, 0.3) is 10.6 Å². The quantitative estimate of drug-likeness (QED) is 0.400. The molecule has 1 aliphatic rings. The van der Waals surface area contributed by atoms with E-state index in [9.17, 15) is 14.4 Å². The van der Waals surface area contributed by atoms with E-state index in [2.05, 4.69) is 10.3 Å². The minimum Gasteiger partial charge on any atom is -0.493 e. The van der Waals surface area contributed by atoms with Crippen molar-refractivity contribution in [3.63, 3.8) is 0 Å². The number of hydrogen-bond donors (Lipinski definition) is 1. The van der Waals surface area contributed by atoms with Gasteiger partial charge in [-0.05, 0) is 29.8 Å². The second-order valence-corrected chi connectivity index (χ2v) is 7.95. The van der Waals surface area contributed by atoms with Gasteiger partial charge < -0.3 is 19.5 Å². The lowest BCUT2D eigenvalue weighted by atomic mass is 10.1. The number of nitrogens with one attached hydrogen (secondary N) is 1. The molecule has 1 saturated heterocycles. The number of rotatable bonds is 8. The highest BCUT2D eigenvalue weighted by atomic mass is 32.1. The Balaban J connectivity index is 1.37. The van der Waals surface area contributed by atoms with Crippen LogP contribution in [0.3, 0.4) is 0 Å². The van der Waals surface area contributed by atoms with Gasteiger partial charge in [0.1, 0.15) is 11.6 Å². The molecule has 2 heterocycles. The highest BCUT2D eigenvalue weighted by molar-refractivity contribution is 7.13. The first kappa shape index (κ1) is 22.3. The smallest absolute Gasteiger partial charge is 0.338 e. The maximum Gasteiger partial charge on any atom is 0.338 e. The van der Waals surface area contributed by atoms with Crippen molar-refractivity contribution >= 4 is 29.2 Å². The van der Waals surface area contributed by atoms with Crippen molar-refractivity contribution in [1.29, 1.82) is 0 Å². The molecule has 3 aromatic rings. The minimum absolute atomic E-state index is 0.00612. The molecule has 170 valence electrons. The number of esters is 1. The Bertz CT molecular complexity index is 1180. The standard InChI is InChI=1S/C23H21N3O6S/c1-30-18-5-3-4-17(20(18)31-2)21-25-16(13-33-21)12-32-22(28)15-8-6-14(7-9-15)11-26-19(27)10-24-23(26)29/h3-9,13H,10-12H2,1-2H3,(H,24,29). The van der Waals surface area contributed by atoms with E-state index in [4.69, 9.17) is 14.2 Å². The van der Waals surface area contributed by atoms with Gasteiger partial charge in [0, 0.05) is 5.38 Å². The molecule has 0 unspecified atom stereocenters. The van der Waals surface area contributed by atoms with Gasteiger partial charge in [0.25, 0.3) is 0 Å². The number of urea groups is 1. The van der Waals surface area contributed by atoms with Crippen LogP contribution in [-0.2, 0) is 22.7 Å². The molecule has 1 fully saturated rings. The number of nitrogens with zero attached hydrogens (tertiary/aromatic N) is 2. The van der Waals surface area contributed by atoms with Crippen LogP contribution < -0.4 is 14.8 Å². The molecular weight excluding hydrogens is 446 g/mol. The number of amides is 3. The monoisotopic (exact) mass is 467 g/mol. The zero-order chi connectivity index (χ0) is 23.4. The molecule has 0 atom stereocenters. The minimum atomic E-state index is -0.495. The summed E-state index contributed by atoms with van der Waals surface area (Å²) < 4.78 is 16.2. The van der Waals surface area contributed by atoms with Crippen LogP contribution >= 0.6 is 11.3 Å². The van der Waals surface area contributed by atoms with Crippen LogP contribution in [0.2, 0.25) is 0 Å². The van der Waals surface area contributed by atoms with Crippen LogP contribution in [0, 0.1) is 0 Å². The van der Waals surface area contributed by atoms with Crippen LogP contribution in [-0.4, -0.2) is 48.6 Å². The van der Waals surface area contributed by atoms with Crippen molar-refractivity contribution in [1.82, 2.24) is 15.2 Å². The number of benzene rings is 2. The Morgan fingerprint density at radius 3 is 2.58 bits per heavy atom. The molecule has 10 heteroatoms. The van der Waals surface area contributed by atoms with Crippen molar-refractivity contribution in [2.45, 2.75) is 13.2 Å². The number of aromatic nitrogens is 1. The summed E-state index contributed by atoms with van der Waals surface area (Å²) in [5.74, 6) is 0.421. The number of para-hydroxylation sites is 1. The Morgan fingerprint density at radius 2 is 1.91 bits per heavy atom. The predicted octanol–water partition coefficient (Wildman–Crippen LogP) is 3.24. The molecule has 1 N–H and O–H groups in total. The number of carbonyl (C=O) groups excluding carboxylic acids is 3.